The average Bonchev–Trinajstić information content (AvgIpc) is 2.86. The van der Waals surface area contributed by atoms with Crippen molar-refractivity contribution in [3.8, 4) is 0 Å². The van der Waals surface area contributed by atoms with Gasteiger partial charge in [-0.25, -0.2) is 9.97 Å². The first-order chi connectivity index (χ1) is 9.62. The van der Waals surface area contributed by atoms with Crippen molar-refractivity contribution in [3.05, 3.63) is 11.9 Å². The normalized spacial score (nSPS) is 22.2. The molecule has 20 heavy (non-hydrogen) atoms. The van der Waals surface area contributed by atoms with Gasteiger partial charge in [0.2, 0.25) is 0 Å². The Morgan fingerprint density at radius 3 is 2.65 bits per heavy atom. The Bertz CT molecular complexity index is 436. The Morgan fingerprint density at radius 1 is 1.30 bits per heavy atom. The van der Waals surface area contributed by atoms with Gasteiger partial charge >= 0.3 is 0 Å². The lowest BCUT2D eigenvalue weighted by molar-refractivity contribution is 0.736. The summed E-state index contributed by atoms with van der Waals surface area (Å²) in [4.78, 5) is 9.22. The fourth-order valence-electron chi connectivity index (χ4n) is 2.56. The van der Waals surface area contributed by atoms with Gasteiger partial charge in [0, 0.05) is 29.8 Å². The highest BCUT2D eigenvalue weighted by Crippen LogP contribution is 2.30. The van der Waals surface area contributed by atoms with Gasteiger partial charge in [-0.3, -0.25) is 0 Å². The summed E-state index contributed by atoms with van der Waals surface area (Å²) in [7, 11) is 0. The molecule has 2 atom stereocenters. The number of hydrogen-bond acceptors (Lipinski definition) is 5. The van der Waals surface area contributed by atoms with Crippen molar-refractivity contribution in [3.63, 3.8) is 0 Å². The molecule has 0 aromatic carbocycles. The number of anilines is 2. The van der Waals surface area contributed by atoms with Crippen molar-refractivity contribution < 1.29 is 0 Å². The van der Waals surface area contributed by atoms with Crippen LogP contribution in [0.1, 0.15) is 51.8 Å². The van der Waals surface area contributed by atoms with Gasteiger partial charge in [0.25, 0.3) is 0 Å². The molecule has 0 bridgehead atoms. The van der Waals surface area contributed by atoms with Crippen molar-refractivity contribution in [2.45, 2.75) is 57.2 Å². The largest absolute Gasteiger partial charge is 0.370 e. The van der Waals surface area contributed by atoms with Gasteiger partial charge < -0.3 is 10.6 Å². The molecule has 1 aromatic rings. The van der Waals surface area contributed by atoms with Crippen LogP contribution < -0.4 is 10.6 Å². The van der Waals surface area contributed by atoms with Crippen LogP contribution in [0.25, 0.3) is 0 Å². The van der Waals surface area contributed by atoms with Crippen LogP contribution in [-0.4, -0.2) is 34.1 Å². The number of nitrogens with zero attached hydrogens (tertiary/aromatic N) is 2. The molecule has 0 aliphatic heterocycles. The molecule has 5 heteroatoms. The van der Waals surface area contributed by atoms with E-state index in [-0.39, 0.29) is 0 Å². The number of hydrogen-bond donors (Lipinski definition) is 2. The zero-order chi connectivity index (χ0) is 14.5. The molecule has 0 saturated heterocycles. The first-order valence-corrected chi connectivity index (χ1v) is 8.83. The van der Waals surface area contributed by atoms with Crippen molar-refractivity contribution in [1.29, 1.82) is 0 Å². The second-order valence-corrected chi connectivity index (χ2v) is 6.83. The maximum absolute atomic E-state index is 4.66. The van der Waals surface area contributed by atoms with E-state index in [9.17, 15) is 0 Å². The second kappa shape index (κ2) is 7.16. The minimum absolute atomic E-state index is 0.344. The Balaban J connectivity index is 2.10. The van der Waals surface area contributed by atoms with Crippen LogP contribution in [0.5, 0.6) is 0 Å². The van der Waals surface area contributed by atoms with Gasteiger partial charge in [-0.15, -0.1) is 0 Å². The fraction of sp³-hybridized carbons (Fsp3) is 0.733. The van der Waals surface area contributed by atoms with E-state index in [2.05, 4.69) is 47.6 Å². The third-order valence-electron chi connectivity index (χ3n) is 3.69. The van der Waals surface area contributed by atoms with Crippen molar-refractivity contribution in [2.75, 3.05) is 23.4 Å². The smallest absolute Gasteiger partial charge is 0.135 e. The lowest BCUT2D eigenvalue weighted by atomic mass is 10.2. The summed E-state index contributed by atoms with van der Waals surface area (Å²) in [5.74, 6) is 3.14. The molecule has 2 N–H and O–H groups in total. The first-order valence-electron chi connectivity index (χ1n) is 7.54. The Hall–Kier alpha value is -0.970. The summed E-state index contributed by atoms with van der Waals surface area (Å²) in [6.07, 6.45) is 5.99. The second-order valence-electron chi connectivity index (χ2n) is 5.69. The number of nitrogens with one attached hydrogen (secondary N) is 2. The highest BCUT2D eigenvalue weighted by molar-refractivity contribution is 7.99. The van der Waals surface area contributed by atoms with Gasteiger partial charge in [-0.1, -0.05) is 13.8 Å². The Morgan fingerprint density at radius 2 is 2.05 bits per heavy atom. The number of aromatic nitrogens is 2. The summed E-state index contributed by atoms with van der Waals surface area (Å²) in [5, 5.41) is 7.69. The first kappa shape index (κ1) is 15.4. The van der Waals surface area contributed by atoms with E-state index < -0.39 is 0 Å². The SMILES string of the molecule is CCNc1cc(NC2CCC(SC)C2)nc(C(C)C)n1. The predicted octanol–water partition coefficient (Wildman–Crippen LogP) is 3.73. The number of rotatable bonds is 6. The zero-order valence-electron chi connectivity index (χ0n) is 12.9. The summed E-state index contributed by atoms with van der Waals surface area (Å²) in [6, 6.07) is 2.58. The van der Waals surface area contributed by atoms with Crippen LogP contribution in [0.2, 0.25) is 0 Å². The van der Waals surface area contributed by atoms with Crippen molar-refractivity contribution >= 4 is 23.4 Å². The molecule has 1 heterocycles. The molecule has 2 unspecified atom stereocenters. The van der Waals surface area contributed by atoms with Crippen LogP contribution in [0.4, 0.5) is 11.6 Å². The molecule has 0 radical (unpaired) electrons. The Kier molecular flexibility index (Phi) is 5.52. The highest BCUT2D eigenvalue weighted by Gasteiger charge is 2.24. The van der Waals surface area contributed by atoms with Crippen LogP contribution >= 0.6 is 11.8 Å². The molecule has 1 aromatic heterocycles. The van der Waals surface area contributed by atoms with Gasteiger partial charge in [0.15, 0.2) is 0 Å². The van der Waals surface area contributed by atoms with E-state index in [1.807, 2.05) is 17.8 Å². The van der Waals surface area contributed by atoms with Crippen LogP contribution in [0, 0.1) is 0 Å². The van der Waals surface area contributed by atoms with Crippen LogP contribution in [0.15, 0.2) is 6.07 Å². The molecule has 1 aliphatic rings. The molecular weight excluding hydrogens is 268 g/mol. The topological polar surface area (TPSA) is 49.8 Å². The lowest BCUT2D eigenvalue weighted by Crippen LogP contribution is -2.18. The van der Waals surface area contributed by atoms with Gasteiger partial charge in [0.05, 0.1) is 0 Å². The van der Waals surface area contributed by atoms with Crippen LogP contribution in [0.3, 0.4) is 0 Å². The van der Waals surface area contributed by atoms with Gasteiger partial charge in [0.1, 0.15) is 17.5 Å². The quantitative estimate of drug-likeness (QED) is 0.837. The standard InChI is InChI=1S/C15H26N4S/c1-5-16-13-9-14(19-15(18-13)10(2)3)17-11-6-7-12(8-11)20-4/h9-12H,5-8H2,1-4H3,(H2,16,17,18,19). The van der Waals surface area contributed by atoms with Crippen molar-refractivity contribution in [1.82, 2.24) is 9.97 Å². The van der Waals surface area contributed by atoms with Gasteiger partial charge in [-0.2, -0.15) is 11.8 Å². The maximum atomic E-state index is 4.66. The van der Waals surface area contributed by atoms with E-state index >= 15 is 0 Å². The van der Waals surface area contributed by atoms with Crippen LogP contribution in [-0.2, 0) is 0 Å². The summed E-state index contributed by atoms with van der Waals surface area (Å²) >= 11 is 1.98. The third kappa shape index (κ3) is 4.01. The van der Waals surface area contributed by atoms with E-state index in [1.54, 1.807) is 0 Å². The number of thioether (sulfide) groups is 1. The molecule has 1 aliphatic carbocycles. The summed E-state index contributed by atoms with van der Waals surface area (Å²) < 4.78 is 0. The lowest BCUT2D eigenvalue weighted by Gasteiger charge is -2.16. The zero-order valence-corrected chi connectivity index (χ0v) is 13.8. The minimum atomic E-state index is 0.344. The molecule has 0 spiro atoms. The summed E-state index contributed by atoms with van der Waals surface area (Å²) in [5.41, 5.74) is 0. The highest BCUT2D eigenvalue weighted by atomic mass is 32.2. The van der Waals surface area contributed by atoms with E-state index in [0.29, 0.717) is 12.0 Å². The summed E-state index contributed by atoms with van der Waals surface area (Å²) in [6.45, 7) is 7.23. The molecule has 4 nitrogen and oxygen atoms in total. The Labute approximate surface area is 126 Å². The predicted molar refractivity (Wildman–Crippen MR) is 88.8 cm³/mol. The maximum Gasteiger partial charge on any atom is 0.135 e. The molecule has 0 amide bonds. The molecule has 112 valence electrons. The van der Waals surface area contributed by atoms with E-state index in [0.717, 1.165) is 29.3 Å². The van der Waals surface area contributed by atoms with Crippen molar-refractivity contribution in [2.24, 2.45) is 0 Å². The molecule has 1 saturated carbocycles. The van der Waals surface area contributed by atoms with E-state index in [4.69, 9.17) is 0 Å². The van der Waals surface area contributed by atoms with E-state index in [1.165, 1.54) is 19.3 Å². The third-order valence-corrected chi connectivity index (χ3v) is 4.78. The molecule has 2 rings (SSSR count). The monoisotopic (exact) mass is 294 g/mol. The minimum Gasteiger partial charge on any atom is -0.370 e. The fourth-order valence-corrected chi connectivity index (χ4v) is 3.36. The van der Waals surface area contributed by atoms with Gasteiger partial charge in [-0.05, 0) is 32.4 Å². The average molecular weight is 294 g/mol. The molecular formula is C15H26N4S. The molecule has 1 fully saturated rings.